The number of hydrogen-bond acceptors (Lipinski definition) is 6. The maximum atomic E-state index is 5.65. The van der Waals surface area contributed by atoms with Crippen LogP contribution in [0.1, 0.15) is 13.8 Å². The molecule has 0 aromatic carbocycles. The summed E-state index contributed by atoms with van der Waals surface area (Å²) in [6.07, 6.45) is 0. The van der Waals surface area contributed by atoms with E-state index in [1.807, 2.05) is 0 Å². The van der Waals surface area contributed by atoms with Gasteiger partial charge in [-0.3, -0.25) is 0 Å². The minimum absolute atomic E-state index is 0.0142. The molecule has 0 atom stereocenters. The van der Waals surface area contributed by atoms with Crippen molar-refractivity contribution in [2.75, 3.05) is 32.6 Å². The van der Waals surface area contributed by atoms with Gasteiger partial charge in [0, 0.05) is 6.54 Å². The van der Waals surface area contributed by atoms with Gasteiger partial charge in [-0.25, -0.2) is 0 Å². The Hall–Kier alpha value is -1.56. The molecule has 0 aliphatic heterocycles. The lowest BCUT2D eigenvalue weighted by Gasteiger charge is -2.22. The number of hydrogen-bond donors (Lipinski definition) is 2. The van der Waals surface area contributed by atoms with Crippen molar-refractivity contribution in [3.05, 3.63) is 6.07 Å². The minimum Gasteiger partial charge on any atom is -0.481 e. The zero-order chi connectivity index (χ0) is 12.9. The second-order valence-electron chi connectivity index (χ2n) is 4.50. The van der Waals surface area contributed by atoms with Crippen molar-refractivity contribution in [3.8, 4) is 11.8 Å². The van der Waals surface area contributed by atoms with Gasteiger partial charge in [-0.2, -0.15) is 9.97 Å². The predicted molar refractivity (Wildman–Crippen MR) is 66.5 cm³/mol. The maximum absolute atomic E-state index is 5.65. The third kappa shape index (κ3) is 4.07. The number of anilines is 1. The summed E-state index contributed by atoms with van der Waals surface area (Å²) in [5.41, 5.74) is 5.64. The summed E-state index contributed by atoms with van der Waals surface area (Å²) in [6.45, 7) is 5.40. The maximum Gasteiger partial charge on any atom is 0.229 e. The second-order valence-corrected chi connectivity index (χ2v) is 4.50. The first-order chi connectivity index (χ1) is 8.00. The van der Waals surface area contributed by atoms with Crippen LogP contribution >= 0.6 is 0 Å². The van der Waals surface area contributed by atoms with E-state index < -0.39 is 0 Å². The van der Waals surface area contributed by atoms with Crippen molar-refractivity contribution < 1.29 is 9.47 Å². The number of nitrogens with zero attached hydrogens (tertiary/aromatic N) is 2. The van der Waals surface area contributed by atoms with Crippen molar-refractivity contribution >= 4 is 5.95 Å². The van der Waals surface area contributed by atoms with Crippen LogP contribution in [-0.2, 0) is 0 Å². The third-order valence-corrected chi connectivity index (χ3v) is 2.38. The summed E-state index contributed by atoms with van der Waals surface area (Å²) in [5, 5.41) is 3.12. The van der Waals surface area contributed by atoms with E-state index in [1.165, 1.54) is 0 Å². The summed E-state index contributed by atoms with van der Waals surface area (Å²) >= 11 is 0. The Morgan fingerprint density at radius 2 is 1.76 bits per heavy atom. The lowest BCUT2D eigenvalue weighted by molar-refractivity contribution is 0.370. The van der Waals surface area contributed by atoms with Crippen LogP contribution in [0.3, 0.4) is 0 Å². The molecule has 96 valence electrons. The van der Waals surface area contributed by atoms with Gasteiger partial charge < -0.3 is 20.5 Å². The van der Waals surface area contributed by atoms with Gasteiger partial charge in [-0.1, -0.05) is 13.8 Å². The fraction of sp³-hybridized carbons (Fsp3) is 0.636. The van der Waals surface area contributed by atoms with Crippen molar-refractivity contribution in [3.63, 3.8) is 0 Å². The fourth-order valence-electron chi connectivity index (χ4n) is 1.08. The Kier molecular flexibility index (Phi) is 4.51. The van der Waals surface area contributed by atoms with E-state index in [-0.39, 0.29) is 5.41 Å². The van der Waals surface area contributed by atoms with E-state index >= 15 is 0 Å². The van der Waals surface area contributed by atoms with E-state index in [0.29, 0.717) is 30.8 Å². The highest BCUT2D eigenvalue weighted by Gasteiger charge is 2.16. The Morgan fingerprint density at radius 1 is 1.24 bits per heavy atom. The molecule has 1 aromatic rings. The Morgan fingerprint density at radius 3 is 2.18 bits per heavy atom. The molecule has 0 aliphatic rings. The van der Waals surface area contributed by atoms with Crippen LogP contribution in [0.15, 0.2) is 6.07 Å². The van der Waals surface area contributed by atoms with Gasteiger partial charge in [0.2, 0.25) is 17.7 Å². The molecule has 0 saturated carbocycles. The summed E-state index contributed by atoms with van der Waals surface area (Å²) in [7, 11) is 3.10. The highest BCUT2D eigenvalue weighted by atomic mass is 16.5. The molecule has 0 aliphatic carbocycles. The topological polar surface area (TPSA) is 82.3 Å². The smallest absolute Gasteiger partial charge is 0.229 e. The van der Waals surface area contributed by atoms with Gasteiger partial charge in [-0.05, 0) is 12.0 Å². The fourth-order valence-corrected chi connectivity index (χ4v) is 1.08. The molecule has 0 fully saturated rings. The van der Waals surface area contributed by atoms with E-state index in [0.717, 1.165) is 0 Å². The van der Waals surface area contributed by atoms with Gasteiger partial charge in [0.1, 0.15) is 0 Å². The van der Waals surface area contributed by atoms with Gasteiger partial charge in [0.05, 0.1) is 20.3 Å². The highest BCUT2D eigenvalue weighted by molar-refractivity contribution is 5.33. The van der Waals surface area contributed by atoms with Crippen LogP contribution < -0.4 is 20.5 Å². The van der Waals surface area contributed by atoms with Gasteiger partial charge in [-0.15, -0.1) is 0 Å². The predicted octanol–water partition coefficient (Wildman–Crippen LogP) is 0.891. The van der Waals surface area contributed by atoms with Crippen molar-refractivity contribution in [2.24, 2.45) is 11.1 Å². The Balaban J connectivity index is 2.76. The van der Waals surface area contributed by atoms with Crippen LogP contribution in [0.25, 0.3) is 0 Å². The molecule has 1 aromatic heterocycles. The molecule has 0 spiro atoms. The van der Waals surface area contributed by atoms with Gasteiger partial charge in [0.15, 0.2) is 0 Å². The van der Waals surface area contributed by atoms with Crippen LogP contribution in [-0.4, -0.2) is 37.3 Å². The van der Waals surface area contributed by atoms with Crippen LogP contribution in [0, 0.1) is 5.41 Å². The molecule has 3 N–H and O–H groups in total. The first-order valence-electron chi connectivity index (χ1n) is 5.42. The molecule has 17 heavy (non-hydrogen) atoms. The zero-order valence-corrected chi connectivity index (χ0v) is 10.8. The molecule has 0 bridgehead atoms. The molecule has 0 saturated heterocycles. The van der Waals surface area contributed by atoms with Crippen LogP contribution in [0.5, 0.6) is 11.8 Å². The number of nitrogens with two attached hydrogens (primary N) is 1. The van der Waals surface area contributed by atoms with Crippen LogP contribution in [0.2, 0.25) is 0 Å². The number of ether oxygens (including phenoxy) is 2. The number of rotatable bonds is 6. The largest absolute Gasteiger partial charge is 0.481 e. The normalized spacial score (nSPS) is 11.1. The van der Waals surface area contributed by atoms with Crippen LogP contribution in [0.4, 0.5) is 5.95 Å². The third-order valence-electron chi connectivity index (χ3n) is 2.38. The van der Waals surface area contributed by atoms with E-state index in [1.54, 1.807) is 20.3 Å². The average molecular weight is 240 g/mol. The second kappa shape index (κ2) is 5.67. The molecular formula is C11H20N4O2. The van der Waals surface area contributed by atoms with Gasteiger partial charge >= 0.3 is 0 Å². The Bertz CT molecular complexity index is 346. The monoisotopic (exact) mass is 240 g/mol. The van der Waals surface area contributed by atoms with Gasteiger partial charge in [0.25, 0.3) is 0 Å². The highest BCUT2D eigenvalue weighted by Crippen LogP contribution is 2.19. The molecule has 0 unspecified atom stereocenters. The lowest BCUT2D eigenvalue weighted by atomic mass is 9.94. The average Bonchev–Trinajstić information content (AvgIpc) is 2.36. The molecule has 6 nitrogen and oxygen atoms in total. The summed E-state index contributed by atoms with van der Waals surface area (Å²) < 4.78 is 10.1. The SMILES string of the molecule is COc1cc(OC)nc(NCC(C)(C)CN)n1. The van der Waals surface area contributed by atoms with Crippen molar-refractivity contribution in [1.29, 1.82) is 0 Å². The quantitative estimate of drug-likeness (QED) is 0.768. The Labute approximate surface area is 102 Å². The molecule has 6 heteroatoms. The first kappa shape index (κ1) is 13.5. The molecule has 1 heterocycles. The van der Waals surface area contributed by atoms with Crippen molar-refractivity contribution in [1.82, 2.24) is 9.97 Å². The van der Waals surface area contributed by atoms with E-state index in [4.69, 9.17) is 15.2 Å². The number of nitrogens with one attached hydrogen (secondary N) is 1. The van der Waals surface area contributed by atoms with E-state index in [2.05, 4.69) is 29.1 Å². The number of methoxy groups -OCH3 is 2. The number of aromatic nitrogens is 2. The molecule has 0 radical (unpaired) electrons. The van der Waals surface area contributed by atoms with E-state index in [9.17, 15) is 0 Å². The minimum atomic E-state index is -0.0142. The summed E-state index contributed by atoms with van der Waals surface area (Å²) in [6, 6.07) is 1.62. The molecule has 1 rings (SSSR count). The first-order valence-corrected chi connectivity index (χ1v) is 5.42. The lowest BCUT2D eigenvalue weighted by Crippen LogP contribution is -2.31. The zero-order valence-electron chi connectivity index (χ0n) is 10.8. The summed E-state index contributed by atoms with van der Waals surface area (Å²) in [4.78, 5) is 8.34. The summed E-state index contributed by atoms with van der Waals surface area (Å²) in [5.74, 6) is 1.40. The van der Waals surface area contributed by atoms with Crippen molar-refractivity contribution in [2.45, 2.75) is 13.8 Å². The molecular weight excluding hydrogens is 220 g/mol. The molecule has 0 amide bonds. The standard InChI is InChI=1S/C11H20N4O2/c1-11(2,6-12)7-13-10-14-8(16-3)5-9(15-10)17-4/h5H,6-7,12H2,1-4H3,(H,13,14,15).